The van der Waals surface area contributed by atoms with Crippen LogP contribution in [0.3, 0.4) is 0 Å². The van der Waals surface area contributed by atoms with Gasteiger partial charge in [-0.2, -0.15) is 0 Å². The number of nitrogen functional groups attached to an aromatic ring is 1. The molecular formula is C22H20N2O4. The Balaban J connectivity index is 1.75. The largest absolute Gasteiger partial charge is 0.460 e. The van der Waals surface area contributed by atoms with Crippen LogP contribution in [0.25, 0.3) is 11.3 Å². The molecule has 28 heavy (non-hydrogen) atoms. The number of hydrogen-bond acceptors (Lipinski definition) is 5. The van der Waals surface area contributed by atoms with Crippen LogP contribution in [0, 0.1) is 0 Å². The van der Waals surface area contributed by atoms with E-state index >= 15 is 0 Å². The third kappa shape index (κ3) is 3.13. The minimum atomic E-state index is -0.483. The summed E-state index contributed by atoms with van der Waals surface area (Å²) in [5, 5.41) is 0. The van der Waals surface area contributed by atoms with E-state index in [1.165, 1.54) is 0 Å². The van der Waals surface area contributed by atoms with Gasteiger partial charge in [0.05, 0.1) is 12.3 Å². The predicted octanol–water partition coefficient (Wildman–Crippen LogP) is 3.91. The smallest absolute Gasteiger partial charge is 0.374 e. The van der Waals surface area contributed by atoms with Crippen LogP contribution in [0.1, 0.15) is 33.4 Å². The number of amides is 1. The molecule has 0 bridgehead atoms. The first kappa shape index (κ1) is 17.9. The van der Waals surface area contributed by atoms with Crippen LogP contribution >= 0.6 is 0 Å². The van der Waals surface area contributed by atoms with Crippen LogP contribution < -0.4 is 10.6 Å². The number of benzene rings is 2. The first-order valence-corrected chi connectivity index (χ1v) is 9.15. The van der Waals surface area contributed by atoms with Gasteiger partial charge in [0.15, 0.2) is 0 Å². The summed E-state index contributed by atoms with van der Waals surface area (Å²) in [5.74, 6) is 0.192. The quantitative estimate of drug-likeness (QED) is 0.553. The number of nitrogens with zero attached hydrogens (tertiary/aromatic N) is 1. The molecule has 0 saturated carbocycles. The number of ether oxygens (including phenoxy) is 1. The summed E-state index contributed by atoms with van der Waals surface area (Å²) < 4.78 is 10.9. The molecule has 3 aromatic rings. The minimum Gasteiger partial charge on any atom is -0.460 e. The number of fused-ring (bicyclic) bond motifs is 3. The second-order valence-electron chi connectivity index (χ2n) is 6.53. The Bertz CT molecular complexity index is 1040. The van der Waals surface area contributed by atoms with Gasteiger partial charge in [-0.1, -0.05) is 12.1 Å². The third-order valence-corrected chi connectivity index (χ3v) is 4.73. The number of carbonyl (C=O) groups is 2. The van der Waals surface area contributed by atoms with Gasteiger partial charge in [-0.05, 0) is 55.8 Å². The average Bonchev–Trinajstić information content (AvgIpc) is 3.07. The Morgan fingerprint density at radius 2 is 1.89 bits per heavy atom. The summed E-state index contributed by atoms with van der Waals surface area (Å²) in [6.07, 6.45) is 0.563. The van der Waals surface area contributed by atoms with E-state index in [9.17, 15) is 9.59 Å². The predicted molar refractivity (Wildman–Crippen MR) is 106 cm³/mol. The molecule has 1 aliphatic rings. The van der Waals surface area contributed by atoms with Gasteiger partial charge in [0.25, 0.3) is 5.91 Å². The lowest BCUT2D eigenvalue weighted by atomic mass is 10.1. The van der Waals surface area contributed by atoms with Crippen molar-refractivity contribution in [3.8, 4) is 11.3 Å². The second kappa shape index (κ2) is 7.23. The maximum Gasteiger partial charge on any atom is 0.374 e. The van der Waals surface area contributed by atoms with E-state index in [1.54, 1.807) is 42.2 Å². The first-order chi connectivity index (χ1) is 13.6. The molecule has 0 radical (unpaired) electrons. The van der Waals surface area contributed by atoms with E-state index in [1.807, 2.05) is 24.3 Å². The lowest BCUT2D eigenvalue weighted by molar-refractivity contribution is 0.0491. The van der Waals surface area contributed by atoms with Gasteiger partial charge in [0.1, 0.15) is 5.76 Å². The van der Waals surface area contributed by atoms with Crippen molar-refractivity contribution in [2.24, 2.45) is 0 Å². The summed E-state index contributed by atoms with van der Waals surface area (Å²) in [6.45, 7) is 2.50. The normalized spacial score (nSPS) is 12.7. The molecule has 6 heteroatoms. The van der Waals surface area contributed by atoms with Gasteiger partial charge in [0.2, 0.25) is 5.76 Å². The van der Waals surface area contributed by atoms with Crippen molar-refractivity contribution in [3.05, 3.63) is 71.5 Å². The van der Waals surface area contributed by atoms with Crippen LogP contribution in [-0.2, 0) is 11.2 Å². The van der Waals surface area contributed by atoms with Crippen molar-refractivity contribution in [2.45, 2.75) is 13.3 Å². The van der Waals surface area contributed by atoms with Crippen LogP contribution in [0.5, 0.6) is 0 Å². The van der Waals surface area contributed by atoms with Crippen molar-refractivity contribution in [1.82, 2.24) is 0 Å². The minimum absolute atomic E-state index is 0.108. The summed E-state index contributed by atoms with van der Waals surface area (Å²) in [5.41, 5.74) is 9.30. The van der Waals surface area contributed by atoms with Gasteiger partial charge in [-0.15, -0.1) is 0 Å². The Hall–Kier alpha value is -3.54. The second-order valence-corrected chi connectivity index (χ2v) is 6.53. The van der Waals surface area contributed by atoms with Crippen molar-refractivity contribution in [1.29, 1.82) is 0 Å². The summed E-state index contributed by atoms with van der Waals surface area (Å²) >= 11 is 0. The molecule has 0 aliphatic carbocycles. The number of esters is 1. The topological polar surface area (TPSA) is 85.8 Å². The van der Waals surface area contributed by atoms with Crippen molar-refractivity contribution in [2.75, 3.05) is 23.8 Å². The van der Waals surface area contributed by atoms with Crippen LogP contribution in [0.2, 0.25) is 0 Å². The number of hydrogen-bond donors (Lipinski definition) is 1. The number of furan rings is 1. The molecular weight excluding hydrogens is 356 g/mol. The van der Waals surface area contributed by atoms with E-state index < -0.39 is 5.97 Å². The fourth-order valence-electron chi connectivity index (χ4n) is 3.39. The van der Waals surface area contributed by atoms with E-state index in [-0.39, 0.29) is 18.3 Å². The Kier molecular flexibility index (Phi) is 4.61. The fraction of sp³-hybridized carbons (Fsp3) is 0.182. The molecule has 0 unspecified atom stereocenters. The molecule has 2 N–H and O–H groups in total. The number of rotatable bonds is 3. The third-order valence-electron chi connectivity index (χ3n) is 4.73. The van der Waals surface area contributed by atoms with Gasteiger partial charge in [-0.3, -0.25) is 4.79 Å². The number of carbonyl (C=O) groups excluding carboxylic acids is 2. The molecule has 2 aromatic carbocycles. The monoisotopic (exact) mass is 376 g/mol. The zero-order valence-corrected chi connectivity index (χ0v) is 15.5. The molecule has 4 rings (SSSR count). The van der Waals surface area contributed by atoms with Gasteiger partial charge >= 0.3 is 5.97 Å². The Morgan fingerprint density at radius 3 is 2.64 bits per heavy atom. The molecule has 1 amide bonds. The number of para-hydroxylation sites is 1. The lowest BCUT2D eigenvalue weighted by Crippen LogP contribution is -2.32. The molecule has 1 aromatic heterocycles. The van der Waals surface area contributed by atoms with Gasteiger partial charge in [0, 0.05) is 28.9 Å². The summed E-state index contributed by atoms with van der Waals surface area (Å²) in [4.78, 5) is 26.9. The first-order valence-electron chi connectivity index (χ1n) is 9.15. The van der Waals surface area contributed by atoms with E-state index in [0.717, 1.165) is 16.8 Å². The number of nitrogens with two attached hydrogens (primary N) is 1. The standard InChI is InChI=1S/C22H20N2O4/c1-2-27-22(26)19-13-15-11-12-24(21(25)14-7-9-16(23)10-8-14)18-6-4-3-5-17(18)20(15)28-19/h3-10,13H,2,11-12,23H2,1H3. The lowest BCUT2D eigenvalue weighted by Gasteiger charge is -2.23. The summed E-state index contributed by atoms with van der Waals surface area (Å²) in [6, 6.07) is 16.1. The molecule has 1 aliphatic heterocycles. The zero-order chi connectivity index (χ0) is 19.7. The van der Waals surface area contributed by atoms with E-state index in [2.05, 4.69) is 0 Å². The van der Waals surface area contributed by atoms with Crippen molar-refractivity contribution < 1.29 is 18.7 Å². The highest BCUT2D eigenvalue weighted by Crippen LogP contribution is 2.38. The molecule has 0 fully saturated rings. The van der Waals surface area contributed by atoms with E-state index in [0.29, 0.717) is 30.0 Å². The van der Waals surface area contributed by atoms with Crippen LogP contribution in [-0.4, -0.2) is 25.0 Å². The van der Waals surface area contributed by atoms with E-state index in [4.69, 9.17) is 14.9 Å². The molecule has 0 atom stereocenters. The highest BCUT2D eigenvalue weighted by Gasteiger charge is 2.28. The van der Waals surface area contributed by atoms with Gasteiger partial charge in [-0.25, -0.2) is 4.79 Å². The molecule has 0 spiro atoms. The highest BCUT2D eigenvalue weighted by molar-refractivity contribution is 6.08. The Morgan fingerprint density at radius 1 is 1.14 bits per heavy atom. The zero-order valence-electron chi connectivity index (χ0n) is 15.5. The van der Waals surface area contributed by atoms with Crippen LogP contribution in [0.4, 0.5) is 11.4 Å². The maximum absolute atomic E-state index is 13.1. The van der Waals surface area contributed by atoms with Crippen molar-refractivity contribution >= 4 is 23.3 Å². The maximum atomic E-state index is 13.1. The molecule has 0 saturated heterocycles. The average molecular weight is 376 g/mol. The molecule has 6 nitrogen and oxygen atoms in total. The molecule has 2 heterocycles. The van der Waals surface area contributed by atoms with Crippen LogP contribution in [0.15, 0.2) is 59.0 Å². The Labute approximate surface area is 162 Å². The summed E-state index contributed by atoms with van der Waals surface area (Å²) in [7, 11) is 0. The SMILES string of the molecule is CCOC(=O)c1cc2c(o1)-c1ccccc1N(C(=O)c1ccc(N)cc1)CC2. The number of anilines is 2. The highest BCUT2D eigenvalue weighted by atomic mass is 16.5. The van der Waals surface area contributed by atoms with Crippen molar-refractivity contribution in [3.63, 3.8) is 0 Å². The van der Waals surface area contributed by atoms with Gasteiger partial charge < -0.3 is 19.8 Å². The fourth-order valence-corrected chi connectivity index (χ4v) is 3.39. The molecule has 142 valence electrons.